The first-order valence-corrected chi connectivity index (χ1v) is 8.93. The first kappa shape index (κ1) is 17.4. The summed E-state index contributed by atoms with van der Waals surface area (Å²) in [6.07, 6.45) is 1.59. The Kier molecular flexibility index (Phi) is 4.99. The van der Waals surface area contributed by atoms with Crippen molar-refractivity contribution in [2.45, 2.75) is 25.6 Å². The number of benzene rings is 1. The smallest absolute Gasteiger partial charge is 0.268 e. The second kappa shape index (κ2) is 7.19. The summed E-state index contributed by atoms with van der Waals surface area (Å²) in [6.45, 7) is 3.67. The molecule has 0 spiro atoms. The second-order valence-electron chi connectivity index (χ2n) is 5.87. The summed E-state index contributed by atoms with van der Waals surface area (Å²) < 4.78 is 10.5. The van der Waals surface area contributed by atoms with E-state index in [1.807, 2.05) is 19.9 Å². The highest BCUT2D eigenvalue weighted by Crippen LogP contribution is 2.38. The highest BCUT2D eigenvalue weighted by atomic mass is 32.2. The van der Waals surface area contributed by atoms with E-state index in [9.17, 15) is 9.59 Å². The number of imide groups is 1. The van der Waals surface area contributed by atoms with Crippen LogP contribution in [0, 0.1) is 0 Å². The normalized spacial score (nSPS) is 14.8. The fourth-order valence-electron chi connectivity index (χ4n) is 2.68. The molecule has 3 rings (SSSR count). The number of furan rings is 1. The zero-order valence-corrected chi connectivity index (χ0v) is 15.1. The van der Waals surface area contributed by atoms with Gasteiger partial charge in [-0.1, -0.05) is 12.1 Å². The van der Waals surface area contributed by atoms with Crippen LogP contribution < -0.4 is 4.74 Å². The van der Waals surface area contributed by atoms with E-state index < -0.39 is 0 Å². The number of carbonyl (C=O) groups excluding carboxylic acids is 2. The van der Waals surface area contributed by atoms with Crippen LogP contribution in [0.25, 0.3) is 5.57 Å². The number of hydrogen-bond acceptors (Lipinski definition) is 5. The van der Waals surface area contributed by atoms with Crippen molar-refractivity contribution in [2.75, 3.05) is 7.11 Å². The average molecular weight is 357 g/mol. The predicted molar refractivity (Wildman–Crippen MR) is 96.9 cm³/mol. The number of thioether (sulfide) groups is 1. The topological polar surface area (TPSA) is 59.8 Å². The van der Waals surface area contributed by atoms with Gasteiger partial charge in [-0.3, -0.25) is 14.5 Å². The van der Waals surface area contributed by atoms with E-state index >= 15 is 0 Å². The number of ether oxygens (including phenoxy) is 1. The summed E-state index contributed by atoms with van der Waals surface area (Å²) in [6, 6.07) is 10.6. The molecule has 25 heavy (non-hydrogen) atoms. The van der Waals surface area contributed by atoms with Crippen LogP contribution in [0.4, 0.5) is 0 Å². The molecule has 0 radical (unpaired) electrons. The van der Waals surface area contributed by atoms with Crippen LogP contribution in [0.2, 0.25) is 0 Å². The van der Waals surface area contributed by atoms with Crippen molar-refractivity contribution in [3.05, 3.63) is 58.9 Å². The van der Waals surface area contributed by atoms with Crippen molar-refractivity contribution < 1.29 is 18.7 Å². The summed E-state index contributed by atoms with van der Waals surface area (Å²) in [7, 11) is 1.59. The number of carbonyl (C=O) groups is 2. The van der Waals surface area contributed by atoms with E-state index in [0.717, 1.165) is 5.76 Å². The Morgan fingerprint density at radius 1 is 1.12 bits per heavy atom. The first-order chi connectivity index (χ1) is 12.0. The molecular weight excluding hydrogens is 338 g/mol. The van der Waals surface area contributed by atoms with E-state index in [1.54, 1.807) is 43.7 Å². The molecule has 0 bridgehead atoms. The molecule has 0 saturated heterocycles. The minimum Gasteiger partial charge on any atom is -0.497 e. The van der Waals surface area contributed by atoms with E-state index in [0.29, 0.717) is 27.5 Å². The first-order valence-electron chi connectivity index (χ1n) is 7.94. The highest BCUT2D eigenvalue weighted by Gasteiger charge is 2.40. The Hall–Kier alpha value is -2.47. The van der Waals surface area contributed by atoms with E-state index in [2.05, 4.69) is 0 Å². The molecule has 0 saturated carbocycles. The van der Waals surface area contributed by atoms with Gasteiger partial charge in [-0.25, -0.2) is 0 Å². The van der Waals surface area contributed by atoms with Gasteiger partial charge in [0.05, 0.1) is 29.6 Å². The quantitative estimate of drug-likeness (QED) is 0.738. The van der Waals surface area contributed by atoms with E-state index in [-0.39, 0.29) is 17.9 Å². The standard InChI is InChI=1S/C19H19NO4S/c1-12(2)20-18(21)16(13-6-8-14(23-3)9-7-13)17(19(20)22)25-11-15-5-4-10-24-15/h4-10,12H,11H2,1-3H3. The molecule has 1 aliphatic heterocycles. The summed E-state index contributed by atoms with van der Waals surface area (Å²) in [5.74, 6) is 1.45. The van der Waals surface area contributed by atoms with Crippen molar-refractivity contribution in [1.82, 2.24) is 4.90 Å². The maximum absolute atomic E-state index is 12.9. The molecule has 2 amide bonds. The van der Waals surface area contributed by atoms with E-state index in [4.69, 9.17) is 9.15 Å². The van der Waals surface area contributed by atoms with Crippen LogP contribution in [-0.4, -0.2) is 29.9 Å². The Morgan fingerprint density at radius 3 is 2.40 bits per heavy atom. The van der Waals surface area contributed by atoms with Gasteiger partial charge in [0.2, 0.25) is 0 Å². The molecule has 0 N–H and O–H groups in total. The van der Waals surface area contributed by atoms with Crippen LogP contribution in [-0.2, 0) is 15.3 Å². The average Bonchev–Trinajstić information content (AvgIpc) is 3.19. The van der Waals surface area contributed by atoms with Crippen LogP contribution in [0.15, 0.2) is 52.0 Å². The van der Waals surface area contributed by atoms with Gasteiger partial charge in [0.1, 0.15) is 11.5 Å². The number of amides is 2. The van der Waals surface area contributed by atoms with E-state index in [1.165, 1.54) is 16.7 Å². The molecule has 6 heteroatoms. The number of rotatable bonds is 6. The van der Waals surface area contributed by atoms with Crippen LogP contribution in [0.1, 0.15) is 25.2 Å². The summed E-state index contributed by atoms with van der Waals surface area (Å²) >= 11 is 1.33. The maximum atomic E-state index is 12.9. The lowest BCUT2D eigenvalue weighted by molar-refractivity contribution is -0.138. The summed E-state index contributed by atoms with van der Waals surface area (Å²) in [4.78, 5) is 27.4. The second-order valence-corrected chi connectivity index (χ2v) is 6.86. The Labute approximate surface area is 150 Å². The largest absolute Gasteiger partial charge is 0.497 e. The fourth-order valence-corrected chi connectivity index (χ4v) is 3.70. The van der Waals surface area contributed by atoms with Crippen LogP contribution >= 0.6 is 11.8 Å². The minimum atomic E-state index is -0.257. The fraction of sp³-hybridized carbons (Fsp3) is 0.263. The SMILES string of the molecule is COc1ccc(C2=C(SCc3ccco3)C(=O)N(C(C)C)C2=O)cc1. The number of hydrogen-bond donors (Lipinski definition) is 0. The maximum Gasteiger partial charge on any atom is 0.268 e. The Bertz CT molecular complexity index is 806. The van der Waals surface area contributed by atoms with Crippen molar-refractivity contribution in [2.24, 2.45) is 0 Å². The van der Waals surface area contributed by atoms with Crippen LogP contribution in [0.5, 0.6) is 5.75 Å². The molecule has 0 fully saturated rings. The molecule has 2 heterocycles. The number of nitrogens with zero attached hydrogens (tertiary/aromatic N) is 1. The van der Waals surface area contributed by atoms with Gasteiger partial charge in [-0.05, 0) is 43.7 Å². The van der Waals surface area contributed by atoms with Gasteiger partial charge in [-0.15, -0.1) is 11.8 Å². The van der Waals surface area contributed by atoms with Crippen molar-refractivity contribution >= 4 is 29.1 Å². The molecule has 1 aromatic carbocycles. The lowest BCUT2D eigenvalue weighted by atomic mass is 10.1. The molecule has 1 aromatic heterocycles. The lowest BCUT2D eigenvalue weighted by Gasteiger charge is -2.19. The predicted octanol–water partition coefficient (Wildman–Crippen LogP) is 3.71. The van der Waals surface area contributed by atoms with Crippen molar-refractivity contribution in [3.8, 4) is 5.75 Å². The minimum absolute atomic E-state index is 0.199. The Morgan fingerprint density at radius 2 is 1.84 bits per heavy atom. The summed E-state index contributed by atoms with van der Waals surface area (Å²) in [5.41, 5.74) is 1.15. The third-order valence-electron chi connectivity index (χ3n) is 3.91. The number of methoxy groups -OCH3 is 1. The molecule has 0 unspecified atom stereocenters. The lowest BCUT2D eigenvalue weighted by Crippen LogP contribution is -2.37. The zero-order valence-electron chi connectivity index (χ0n) is 14.3. The van der Waals surface area contributed by atoms with Gasteiger partial charge in [0.25, 0.3) is 11.8 Å². The third kappa shape index (κ3) is 3.35. The van der Waals surface area contributed by atoms with Gasteiger partial charge >= 0.3 is 0 Å². The zero-order chi connectivity index (χ0) is 18.0. The Balaban J connectivity index is 1.98. The van der Waals surface area contributed by atoms with Crippen LogP contribution in [0.3, 0.4) is 0 Å². The molecule has 0 aliphatic carbocycles. The van der Waals surface area contributed by atoms with Gasteiger partial charge in [0, 0.05) is 6.04 Å². The molecule has 1 aliphatic rings. The van der Waals surface area contributed by atoms with Crippen molar-refractivity contribution in [1.29, 1.82) is 0 Å². The molecule has 2 aromatic rings. The molecule has 5 nitrogen and oxygen atoms in total. The van der Waals surface area contributed by atoms with Gasteiger partial charge in [0.15, 0.2) is 0 Å². The molecule has 0 atom stereocenters. The molecule has 130 valence electrons. The van der Waals surface area contributed by atoms with Gasteiger partial charge in [-0.2, -0.15) is 0 Å². The van der Waals surface area contributed by atoms with Gasteiger partial charge < -0.3 is 9.15 Å². The monoisotopic (exact) mass is 357 g/mol. The summed E-state index contributed by atoms with van der Waals surface area (Å²) in [5, 5.41) is 0. The third-order valence-corrected chi connectivity index (χ3v) is 5.00. The highest BCUT2D eigenvalue weighted by molar-refractivity contribution is 8.03. The molecular formula is C19H19NO4S. The van der Waals surface area contributed by atoms with Crippen molar-refractivity contribution in [3.63, 3.8) is 0 Å².